The van der Waals surface area contributed by atoms with Gasteiger partial charge in [0.15, 0.2) is 0 Å². The summed E-state index contributed by atoms with van der Waals surface area (Å²) in [6.07, 6.45) is 2.92. The zero-order valence-corrected chi connectivity index (χ0v) is 10.6. The van der Waals surface area contributed by atoms with E-state index in [0.717, 1.165) is 11.3 Å². The largest absolute Gasteiger partial charge is 0.302 e. The zero-order chi connectivity index (χ0) is 11.8. The molecule has 87 valence electrons. The number of nitrogens with zero attached hydrogens (tertiary/aromatic N) is 1. The third-order valence-electron chi connectivity index (χ3n) is 2.36. The number of sulfonamides is 1. The molecule has 0 amide bonds. The van der Waals surface area contributed by atoms with Crippen molar-refractivity contribution in [3.8, 4) is 0 Å². The molecule has 16 heavy (non-hydrogen) atoms. The molecule has 1 radical (unpaired) electrons. The summed E-state index contributed by atoms with van der Waals surface area (Å²) in [4.78, 5) is 10.8. The molecule has 1 aliphatic rings. The van der Waals surface area contributed by atoms with Crippen LogP contribution < -0.4 is 0 Å². The first-order chi connectivity index (χ1) is 7.55. The second kappa shape index (κ2) is 4.44. The first kappa shape index (κ1) is 12.0. The molecule has 4 nitrogen and oxygen atoms in total. The van der Waals surface area contributed by atoms with Gasteiger partial charge in [-0.2, -0.15) is 4.31 Å². The second-order valence-corrected chi connectivity index (χ2v) is 7.19. The van der Waals surface area contributed by atoms with Gasteiger partial charge in [0.2, 0.25) is 0 Å². The van der Waals surface area contributed by atoms with E-state index in [1.165, 1.54) is 16.4 Å². The van der Waals surface area contributed by atoms with Gasteiger partial charge < -0.3 is 4.79 Å². The maximum atomic E-state index is 12.1. The lowest BCUT2D eigenvalue weighted by Crippen LogP contribution is -2.35. The molecule has 2 rings (SSSR count). The lowest BCUT2D eigenvalue weighted by atomic mass is 10.2. The van der Waals surface area contributed by atoms with Gasteiger partial charge in [-0.05, 0) is 25.0 Å². The lowest BCUT2D eigenvalue weighted by molar-refractivity contribution is -0.110. The summed E-state index contributed by atoms with van der Waals surface area (Å²) in [6.45, 7) is 0.279. The summed E-state index contributed by atoms with van der Waals surface area (Å²) < 4.78 is 26.0. The molecule has 0 unspecified atom stereocenters. The topological polar surface area (TPSA) is 54.5 Å². The Hall–Kier alpha value is -0.430. The van der Waals surface area contributed by atoms with E-state index in [-0.39, 0.29) is 10.8 Å². The summed E-state index contributed by atoms with van der Waals surface area (Å²) in [5.74, 6) is 0. The molecule has 0 aromatic carbocycles. The third-order valence-corrected chi connectivity index (χ3v) is 5.95. The monoisotopic (exact) mass is 278 g/mol. The molecule has 1 atom stereocenters. The van der Waals surface area contributed by atoms with E-state index in [1.807, 2.05) is 0 Å². The number of carbonyl (C=O) groups is 1. The van der Waals surface area contributed by atoms with Gasteiger partial charge in [0.1, 0.15) is 10.5 Å². The van der Waals surface area contributed by atoms with E-state index in [1.54, 1.807) is 6.42 Å². The highest BCUT2D eigenvalue weighted by molar-refractivity contribution is 7.91. The van der Waals surface area contributed by atoms with Crippen molar-refractivity contribution >= 4 is 39.2 Å². The maximum absolute atomic E-state index is 12.1. The number of thiophene rings is 1. The number of hydrogen-bond donors (Lipinski definition) is 0. The van der Waals surface area contributed by atoms with Crippen LogP contribution in [0.4, 0.5) is 0 Å². The molecule has 1 saturated heterocycles. The Labute approximate surface area is 103 Å². The lowest BCUT2D eigenvalue weighted by Gasteiger charge is -2.18. The van der Waals surface area contributed by atoms with Crippen molar-refractivity contribution in [3.63, 3.8) is 0 Å². The molecule has 2 heterocycles. The van der Waals surface area contributed by atoms with E-state index in [0.29, 0.717) is 17.0 Å². The van der Waals surface area contributed by atoms with Gasteiger partial charge in [-0.15, -0.1) is 11.3 Å². The Morgan fingerprint density at radius 2 is 2.25 bits per heavy atom. The fraction of sp³-hybridized carbons (Fsp3) is 0.333. The van der Waals surface area contributed by atoms with E-state index < -0.39 is 16.1 Å². The van der Waals surface area contributed by atoms with Gasteiger partial charge in [0.05, 0.1) is 10.4 Å². The average Bonchev–Trinajstić information content (AvgIpc) is 2.85. The standard InChI is InChI=1S/C9H9ClNO3S2/c10-8-3-4-9(15-8)16(13,14)11-5-1-2-7(11)6-12/h1,3-4,6-7H,2,5H2/t7-/m0/s1. The molecule has 1 fully saturated rings. The van der Waals surface area contributed by atoms with E-state index in [2.05, 4.69) is 0 Å². The molecule has 0 aliphatic carbocycles. The summed E-state index contributed by atoms with van der Waals surface area (Å²) >= 11 is 6.70. The highest BCUT2D eigenvalue weighted by Crippen LogP contribution is 2.31. The Morgan fingerprint density at radius 1 is 1.50 bits per heavy atom. The maximum Gasteiger partial charge on any atom is 0.253 e. The van der Waals surface area contributed by atoms with Crippen molar-refractivity contribution in [2.45, 2.75) is 16.7 Å². The number of aldehydes is 1. The molecule has 0 bridgehead atoms. The van der Waals surface area contributed by atoms with Crippen LogP contribution in [0.5, 0.6) is 0 Å². The fourth-order valence-corrected chi connectivity index (χ4v) is 4.73. The minimum absolute atomic E-state index is 0.180. The van der Waals surface area contributed by atoms with Gasteiger partial charge in [0, 0.05) is 6.54 Å². The van der Waals surface area contributed by atoms with E-state index in [4.69, 9.17) is 11.6 Å². The van der Waals surface area contributed by atoms with Crippen molar-refractivity contribution < 1.29 is 13.2 Å². The predicted molar refractivity (Wildman–Crippen MR) is 62.0 cm³/mol. The van der Waals surface area contributed by atoms with Crippen LogP contribution in [-0.2, 0) is 14.8 Å². The Kier molecular flexibility index (Phi) is 3.34. The van der Waals surface area contributed by atoms with Gasteiger partial charge in [-0.3, -0.25) is 0 Å². The molecule has 0 saturated carbocycles. The number of hydrogen-bond acceptors (Lipinski definition) is 4. The van der Waals surface area contributed by atoms with Crippen LogP contribution in [-0.4, -0.2) is 31.6 Å². The minimum atomic E-state index is -3.57. The van der Waals surface area contributed by atoms with Gasteiger partial charge in [-0.1, -0.05) is 11.6 Å². The number of halogens is 1. The van der Waals surface area contributed by atoms with Crippen LogP contribution in [0.2, 0.25) is 4.34 Å². The molecule has 0 N–H and O–H groups in total. The first-order valence-electron chi connectivity index (χ1n) is 4.60. The number of rotatable bonds is 3. The number of carbonyl (C=O) groups excluding carboxylic acids is 1. The molecule has 1 aromatic rings. The fourth-order valence-electron chi connectivity index (χ4n) is 1.58. The van der Waals surface area contributed by atoms with Crippen LogP contribution >= 0.6 is 22.9 Å². The third kappa shape index (κ3) is 2.02. The van der Waals surface area contributed by atoms with Crippen LogP contribution in [0, 0.1) is 6.42 Å². The van der Waals surface area contributed by atoms with Crippen LogP contribution in [0.3, 0.4) is 0 Å². The SMILES string of the molecule is O=C[C@@H]1C[CH]CN1S(=O)(=O)c1ccc(Cl)s1. The Balaban J connectivity index is 2.35. The molecular weight excluding hydrogens is 270 g/mol. The van der Waals surface area contributed by atoms with Crippen molar-refractivity contribution in [2.75, 3.05) is 6.54 Å². The normalized spacial score (nSPS) is 22.4. The van der Waals surface area contributed by atoms with Crippen LogP contribution in [0.1, 0.15) is 6.42 Å². The molecule has 1 aromatic heterocycles. The summed E-state index contributed by atoms with van der Waals surface area (Å²) in [6, 6.07) is 2.42. The van der Waals surface area contributed by atoms with Crippen molar-refractivity contribution in [3.05, 3.63) is 22.9 Å². The van der Waals surface area contributed by atoms with Crippen LogP contribution in [0.25, 0.3) is 0 Å². The summed E-state index contributed by atoms with van der Waals surface area (Å²) in [7, 11) is -3.57. The molecular formula is C9H9ClNO3S2. The molecule has 0 spiro atoms. The van der Waals surface area contributed by atoms with Gasteiger partial charge >= 0.3 is 0 Å². The quantitative estimate of drug-likeness (QED) is 0.789. The van der Waals surface area contributed by atoms with Crippen molar-refractivity contribution in [2.24, 2.45) is 0 Å². The molecule has 1 aliphatic heterocycles. The van der Waals surface area contributed by atoms with Crippen molar-refractivity contribution in [1.29, 1.82) is 0 Å². The highest BCUT2D eigenvalue weighted by Gasteiger charge is 2.35. The first-order valence-corrected chi connectivity index (χ1v) is 7.23. The predicted octanol–water partition coefficient (Wildman–Crippen LogP) is 1.57. The zero-order valence-electron chi connectivity index (χ0n) is 8.17. The Bertz CT molecular complexity index is 497. The smallest absolute Gasteiger partial charge is 0.253 e. The van der Waals surface area contributed by atoms with Gasteiger partial charge in [0.25, 0.3) is 10.0 Å². The highest BCUT2D eigenvalue weighted by atomic mass is 35.5. The van der Waals surface area contributed by atoms with Crippen molar-refractivity contribution in [1.82, 2.24) is 4.31 Å². The summed E-state index contributed by atoms with van der Waals surface area (Å²) in [5, 5.41) is 0. The summed E-state index contributed by atoms with van der Waals surface area (Å²) in [5.41, 5.74) is 0. The minimum Gasteiger partial charge on any atom is -0.302 e. The average molecular weight is 279 g/mol. The van der Waals surface area contributed by atoms with E-state index >= 15 is 0 Å². The van der Waals surface area contributed by atoms with Crippen LogP contribution in [0.15, 0.2) is 16.3 Å². The Morgan fingerprint density at radius 3 is 2.81 bits per heavy atom. The van der Waals surface area contributed by atoms with E-state index in [9.17, 15) is 13.2 Å². The second-order valence-electron chi connectivity index (χ2n) is 3.36. The van der Waals surface area contributed by atoms with Gasteiger partial charge in [-0.25, -0.2) is 8.42 Å². The molecule has 7 heteroatoms.